The van der Waals surface area contributed by atoms with E-state index < -0.39 is 0 Å². The lowest BCUT2D eigenvalue weighted by molar-refractivity contribution is -0.126. The summed E-state index contributed by atoms with van der Waals surface area (Å²) in [5.41, 5.74) is 3.78. The molecule has 32 heavy (non-hydrogen) atoms. The van der Waals surface area contributed by atoms with Crippen LogP contribution in [-0.2, 0) is 4.79 Å². The molecule has 0 saturated carbocycles. The van der Waals surface area contributed by atoms with Crippen LogP contribution in [0, 0.1) is 6.92 Å². The van der Waals surface area contributed by atoms with Gasteiger partial charge in [-0.2, -0.15) is 0 Å². The number of rotatable bonds is 9. The standard InChI is InChI=1S/C27H38N4O/c1-23-10-9-13-25(22-23)30-20-18-29(19-21-30)15-6-5-14-28-27(32)26(31-16-7-8-17-31)24-11-3-2-4-12-24/h2-4,9-13,22,26H,5-8,14-21H2,1H3,(H,28,32). The van der Waals surface area contributed by atoms with Gasteiger partial charge in [0, 0.05) is 38.4 Å². The van der Waals surface area contributed by atoms with Crippen molar-refractivity contribution in [2.45, 2.75) is 38.6 Å². The Kier molecular flexibility index (Phi) is 8.18. The fourth-order valence-corrected chi connectivity index (χ4v) is 4.99. The Labute approximate surface area is 193 Å². The number of nitrogens with one attached hydrogen (secondary N) is 1. The van der Waals surface area contributed by atoms with E-state index in [0.717, 1.165) is 70.8 Å². The number of nitrogens with zero attached hydrogens (tertiary/aromatic N) is 3. The highest BCUT2D eigenvalue weighted by Gasteiger charge is 2.29. The Morgan fingerprint density at radius 2 is 1.66 bits per heavy atom. The number of hydrogen-bond acceptors (Lipinski definition) is 4. The maximum Gasteiger partial charge on any atom is 0.241 e. The molecular weight excluding hydrogens is 396 g/mol. The number of aryl methyl sites for hydroxylation is 1. The Morgan fingerprint density at radius 1 is 0.906 bits per heavy atom. The number of hydrogen-bond donors (Lipinski definition) is 1. The highest BCUT2D eigenvalue weighted by atomic mass is 16.2. The van der Waals surface area contributed by atoms with Gasteiger partial charge in [0.1, 0.15) is 6.04 Å². The van der Waals surface area contributed by atoms with Gasteiger partial charge >= 0.3 is 0 Å². The predicted octanol–water partition coefficient (Wildman–Crippen LogP) is 3.85. The van der Waals surface area contributed by atoms with Gasteiger partial charge in [0.2, 0.25) is 5.91 Å². The van der Waals surface area contributed by atoms with Gasteiger partial charge in [-0.3, -0.25) is 14.6 Å². The molecule has 1 unspecified atom stereocenters. The normalized spacial score (nSPS) is 18.6. The van der Waals surface area contributed by atoms with E-state index in [1.165, 1.54) is 24.1 Å². The van der Waals surface area contributed by atoms with E-state index in [9.17, 15) is 4.79 Å². The lowest BCUT2D eigenvalue weighted by atomic mass is 10.0. The Balaban J connectivity index is 1.16. The van der Waals surface area contributed by atoms with E-state index in [2.05, 4.69) is 63.3 Å². The zero-order valence-corrected chi connectivity index (χ0v) is 19.5. The lowest BCUT2D eigenvalue weighted by Gasteiger charge is -2.36. The third-order valence-electron chi connectivity index (χ3n) is 6.81. The molecule has 0 radical (unpaired) electrons. The largest absolute Gasteiger partial charge is 0.369 e. The van der Waals surface area contributed by atoms with Crippen molar-refractivity contribution < 1.29 is 4.79 Å². The first-order valence-electron chi connectivity index (χ1n) is 12.3. The Hall–Kier alpha value is -2.37. The summed E-state index contributed by atoms with van der Waals surface area (Å²) in [5.74, 6) is 0.157. The van der Waals surface area contributed by atoms with Gasteiger partial charge < -0.3 is 10.2 Å². The number of benzene rings is 2. The van der Waals surface area contributed by atoms with Gasteiger partial charge in [0.05, 0.1) is 0 Å². The number of piperazine rings is 1. The van der Waals surface area contributed by atoms with Crippen LogP contribution in [0.25, 0.3) is 0 Å². The van der Waals surface area contributed by atoms with Crippen LogP contribution in [-0.4, -0.2) is 68.1 Å². The average molecular weight is 435 g/mol. The second-order valence-corrected chi connectivity index (χ2v) is 9.22. The topological polar surface area (TPSA) is 38.8 Å². The molecule has 1 N–H and O–H groups in total. The molecule has 2 saturated heterocycles. The Morgan fingerprint density at radius 3 is 2.38 bits per heavy atom. The number of likely N-dealkylation sites (tertiary alicyclic amines) is 1. The summed E-state index contributed by atoms with van der Waals surface area (Å²) in [6, 6.07) is 18.9. The minimum atomic E-state index is -0.145. The second kappa shape index (κ2) is 11.5. The van der Waals surface area contributed by atoms with Gasteiger partial charge in [-0.25, -0.2) is 0 Å². The first-order valence-corrected chi connectivity index (χ1v) is 12.3. The fourth-order valence-electron chi connectivity index (χ4n) is 4.99. The number of carbonyl (C=O) groups is 1. The van der Waals surface area contributed by atoms with Crippen LogP contribution in [0.2, 0.25) is 0 Å². The number of unbranched alkanes of at least 4 members (excludes halogenated alkanes) is 1. The molecule has 5 heteroatoms. The summed E-state index contributed by atoms with van der Waals surface area (Å²) in [6.45, 7) is 10.5. The lowest BCUT2D eigenvalue weighted by Crippen LogP contribution is -2.46. The minimum absolute atomic E-state index is 0.145. The number of amides is 1. The van der Waals surface area contributed by atoms with Crippen molar-refractivity contribution in [2.75, 3.05) is 57.3 Å². The van der Waals surface area contributed by atoms with Crippen molar-refractivity contribution in [3.8, 4) is 0 Å². The fraction of sp³-hybridized carbons (Fsp3) is 0.519. The SMILES string of the molecule is Cc1cccc(N2CCN(CCCCNC(=O)C(c3ccccc3)N3CCCC3)CC2)c1. The monoisotopic (exact) mass is 434 g/mol. The van der Waals surface area contributed by atoms with E-state index in [0.29, 0.717) is 0 Å². The van der Waals surface area contributed by atoms with E-state index in [1.807, 2.05) is 18.2 Å². The third kappa shape index (κ3) is 6.11. The molecule has 0 aromatic heterocycles. The van der Waals surface area contributed by atoms with Crippen LogP contribution >= 0.6 is 0 Å². The maximum atomic E-state index is 13.0. The molecule has 2 fully saturated rings. The zero-order valence-electron chi connectivity index (χ0n) is 19.5. The van der Waals surface area contributed by atoms with Crippen molar-refractivity contribution >= 4 is 11.6 Å². The van der Waals surface area contributed by atoms with Gasteiger partial charge in [0.15, 0.2) is 0 Å². The van der Waals surface area contributed by atoms with Crippen molar-refractivity contribution in [1.82, 2.24) is 15.1 Å². The van der Waals surface area contributed by atoms with Crippen molar-refractivity contribution in [2.24, 2.45) is 0 Å². The summed E-state index contributed by atoms with van der Waals surface area (Å²) in [7, 11) is 0. The molecule has 0 spiro atoms. The molecule has 0 bridgehead atoms. The summed E-state index contributed by atoms with van der Waals surface area (Å²) in [6.07, 6.45) is 4.54. The molecule has 4 rings (SSSR count). The summed E-state index contributed by atoms with van der Waals surface area (Å²) >= 11 is 0. The van der Waals surface area contributed by atoms with Gasteiger partial charge in [-0.15, -0.1) is 0 Å². The van der Waals surface area contributed by atoms with E-state index in [1.54, 1.807) is 0 Å². The Bertz CT molecular complexity index is 842. The summed E-state index contributed by atoms with van der Waals surface area (Å²) < 4.78 is 0. The number of carbonyl (C=O) groups excluding carboxylic acids is 1. The van der Waals surface area contributed by atoms with E-state index >= 15 is 0 Å². The third-order valence-corrected chi connectivity index (χ3v) is 6.81. The smallest absolute Gasteiger partial charge is 0.241 e. The highest BCUT2D eigenvalue weighted by Crippen LogP contribution is 2.25. The highest BCUT2D eigenvalue weighted by molar-refractivity contribution is 5.83. The van der Waals surface area contributed by atoms with E-state index in [4.69, 9.17) is 0 Å². The van der Waals surface area contributed by atoms with E-state index in [-0.39, 0.29) is 11.9 Å². The molecule has 2 heterocycles. The van der Waals surface area contributed by atoms with Gasteiger partial charge in [-0.1, -0.05) is 42.5 Å². The van der Waals surface area contributed by atoms with Gasteiger partial charge in [-0.05, 0) is 75.5 Å². The molecule has 1 atom stereocenters. The van der Waals surface area contributed by atoms with Gasteiger partial charge in [0.25, 0.3) is 0 Å². The predicted molar refractivity (Wildman–Crippen MR) is 132 cm³/mol. The molecule has 2 aromatic rings. The molecule has 2 aliphatic rings. The quantitative estimate of drug-likeness (QED) is 0.609. The molecule has 0 aliphatic carbocycles. The van der Waals surface area contributed by atoms with Crippen LogP contribution in [0.5, 0.6) is 0 Å². The second-order valence-electron chi connectivity index (χ2n) is 9.22. The first-order chi connectivity index (χ1) is 15.7. The average Bonchev–Trinajstić information content (AvgIpc) is 3.34. The van der Waals surface area contributed by atoms with Crippen molar-refractivity contribution in [3.63, 3.8) is 0 Å². The molecule has 1 amide bonds. The van der Waals surface area contributed by atoms with Crippen LogP contribution in [0.1, 0.15) is 42.9 Å². The summed E-state index contributed by atoms with van der Waals surface area (Å²) in [5, 5.41) is 3.22. The number of anilines is 1. The molecule has 2 aliphatic heterocycles. The van der Waals surface area contributed by atoms with Crippen molar-refractivity contribution in [3.05, 3.63) is 65.7 Å². The zero-order chi connectivity index (χ0) is 22.2. The molecular formula is C27H38N4O. The van der Waals surface area contributed by atoms with Crippen LogP contribution in [0.15, 0.2) is 54.6 Å². The van der Waals surface area contributed by atoms with Crippen LogP contribution in [0.3, 0.4) is 0 Å². The van der Waals surface area contributed by atoms with Crippen LogP contribution in [0.4, 0.5) is 5.69 Å². The minimum Gasteiger partial charge on any atom is -0.369 e. The molecule has 2 aromatic carbocycles. The maximum absolute atomic E-state index is 13.0. The molecule has 172 valence electrons. The summed E-state index contributed by atoms with van der Waals surface area (Å²) in [4.78, 5) is 20.4. The van der Waals surface area contributed by atoms with Crippen molar-refractivity contribution in [1.29, 1.82) is 0 Å². The first kappa shape index (κ1) is 22.8. The molecule has 5 nitrogen and oxygen atoms in total. The van der Waals surface area contributed by atoms with Crippen LogP contribution < -0.4 is 10.2 Å².